The summed E-state index contributed by atoms with van der Waals surface area (Å²) < 4.78 is 1.75. The van der Waals surface area contributed by atoms with Crippen molar-refractivity contribution in [1.82, 2.24) is 9.55 Å². The number of halogens is 2. The van der Waals surface area contributed by atoms with Gasteiger partial charge in [0.25, 0.3) is 0 Å². The third kappa shape index (κ3) is 2.21. The molecule has 6 heteroatoms. The summed E-state index contributed by atoms with van der Waals surface area (Å²) in [6.07, 6.45) is 3.33. The predicted octanol–water partition coefficient (Wildman–Crippen LogP) is 3.02. The van der Waals surface area contributed by atoms with Gasteiger partial charge in [0.05, 0.1) is 15.7 Å². The first-order valence-corrected chi connectivity index (χ1v) is 6.10. The number of hydrogen-bond donors (Lipinski definition) is 1. The van der Waals surface area contributed by atoms with Crippen molar-refractivity contribution in [3.63, 3.8) is 0 Å². The third-order valence-corrected chi connectivity index (χ3v) is 3.39. The molecule has 94 valence electrons. The normalized spacial score (nSPS) is 10.6. The van der Waals surface area contributed by atoms with Gasteiger partial charge in [0, 0.05) is 24.5 Å². The molecule has 4 nitrogen and oxygen atoms in total. The maximum atomic E-state index is 12.3. The smallest absolute Gasteiger partial charge is 0.228 e. The van der Waals surface area contributed by atoms with E-state index in [0.29, 0.717) is 17.9 Å². The minimum Gasteiger partial charge on any atom is -0.397 e. The summed E-state index contributed by atoms with van der Waals surface area (Å²) in [4.78, 5) is 16.3. The van der Waals surface area contributed by atoms with Crippen LogP contribution in [0.3, 0.4) is 0 Å². The highest BCUT2D eigenvalue weighted by molar-refractivity contribution is 6.44. The molecule has 0 aliphatic heterocycles. The zero-order valence-corrected chi connectivity index (χ0v) is 11.2. The Hall–Kier alpha value is -1.52. The van der Waals surface area contributed by atoms with E-state index in [2.05, 4.69) is 4.98 Å². The van der Waals surface area contributed by atoms with E-state index < -0.39 is 0 Å². The van der Waals surface area contributed by atoms with Crippen LogP contribution in [0.1, 0.15) is 23.1 Å². The van der Waals surface area contributed by atoms with Crippen LogP contribution in [0.15, 0.2) is 24.5 Å². The Morgan fingerprint density at radius 3 is 2.78 bits per heavy atom. The minimum absolute atomic E-state index is 0.230. The second-order valence-electron chi connectivity index (χ2n) is 3.73. The fraction of sp³-hybridized carbons (Fsp3) is 0.167. The van der Waals surface area contributed by atoms with Gasteiger partial charge >= 0.3 is 0 Å². The second kappa shape index (κ2) is 5.00. The molecule has 1 aromatic carbocycles. The highest BCUT2D eigenvalue weighted by atomic mass is 35.5. The molecular weight excluding hydrogens is 273 g/mol. The van der Waals surface area contributed by atoms with Crippen molar-refractivity contribution < 1.29 is 4.79 Å². The lowest BCUT2D eigenvalue weighted by Crippen LogP contribution is -2.11. The summed E-state index contributed by atoms with van der Waals surface area (Å²) in [6, 6.07) is 3.00. The Morgan fingerprint density at radius 1 is 1.44 bits per heavy atom. The molecular formula is C12H11Cl2N3O. The highest BCUT2D eigenvalue weighted by Crippen LogP contribution is 2.30. The zero-order chi connectivity index (χ0) is 13.3. The maximum Gasteiger partial charge on any atom is 0.228 e. The standard InChI is InChI=1S/C12H11Cl2N3O/c1-2-17-4-3-16-12(17)11(18)7-5-8(13)10(14)9(15)6-7/h3-6H,2,15H2,1H3. The molecule has 0 aliphatic carbocycles. The summed E-state index contributed by atoms with van der Waals surface area (Å²) >= 11 is 11.8. The average molecular weight is 284 g/mol. The number of anilines is 1. The van der Waals surface area contributed by atoms with Crippen LogP contribution in [-0.4, -0.2) is 15.3 Å². The van der Waals surface area contributed by atoms with E-state index in [0.717, 1.165) is 0 Å². The van der Waals surface area contributed by atoms with Crippen molar-refractivity contribution in [1.29, 1.82) is 0 Å². The predicted molar refractivity (Wildman–Crippen MR) is 72.2 cm³/mol. The molecule has 0 bridgehead atoms. The van der Waals surface area contributed by atoms with Gasteiger partial charge in [-0.15, -0.1) is 0 Å². The van der Waals surface area contributed by atoms with Crippen LogP contribution < -0.4 is 5.73 Å². The molecule has 2 rings (SSSR count). The largest absolute Gasteiger partial charge is 0.397 e. The van der Waals surface area contributed by atoms with Crippen LogP contribution in [0.25, 0.3) is 0 Å². The molecule has 1 aromatic heterocycles. The molecule has 1 heterocycles. The number of ketones is 1. The summed E-state index contributed by atoms with van der Waals surface area (Å²) in [5.74, 6) is 0.127. The van der Waals surface area contributed by atoms with E-state index in [1.807, 2.05) is 6.92 Å². The molecule has 0 fully saturated rings. The molecule has 0 unspecified atom stereocenters. The molecule has 0 amide bonds. The number of aryl methyl sites for hydroxylation is 1. The lowest BCUT2D eigenvalue weighted by Gasteiger charge is -2.07. The van der Waals surface area contributed by atoms with E-state index >= 15 is 0 Å². The van der Waals surface area contributed by atoms with Gasteiger partial charge in [0.1, 0.15) is 0 Å². The Balaban J connectivity index is 2.47. The van der Waals surface area contributed by atoms with E-state index in [1.54, 1.807) is 17.0 Å². The van der Waals surface area contributed by atoms with Gasteiger partial charge in [-0.25, -0.2) is 4.98 Å². The van der Waals surface area contributed by atoms with Crippen molar-refractivity contribution in [2.24, 2.45) is 0 Å². The van der Waals surface area contributed by atoms with Gasteiger partial charge in [-0.3, -0.25) is 4.79 Å². The Labute approximate surface area is 114 Å². The fourth-order valence-electron chi connectivity index (χ4n) is 1.64. The van der Waals surface area contributed by atoms with Crippen LogP contribution in [0.4, 0.5) is 5.69 Å². The number of imidazole rings is 1. The van der Waals surface area contributed by atoms with Crippen LogP contribution >= 0.6 is 23.2 Å². The average Bonchev–Trinajstić information content (AvgIpc) is 2.82. The molecule has 2 aromatic rings. The first-order valence-electron chi connectivity index (χ1n) is 5.35. The maximum absolute atomic E-state index is 12.3. The number of carbonyl (C=O) groups is 1. The van der Waals surface area contributed by atoms with Crippen molar-refractivity contribution in [3.8, 4) is 0 Å². The van der Waals surface area contributed by atoms with Crippen molar-refractivity contribution in [2.45, 2.75) is 13.5 Å². The number of nitrogens with two attached hydrogens (primary N) is 1. The molecule has 0 aliphatic rings. The summed E-state index contributed by atoms with van der Waals surface area (Å²) in [7, 11) is 0. The van der Waals surface area contributed by atoms with Crippen LogP contribution in [-0.2, 0) is 6.54 Å². The molecule has 0 spiro atoms. The van der Waals surface area contributed by atoms with Gasteiger partial charge in [-0.1, -0.05) is 23.2 Å². The Morgan fingerprint density at radius 2 is 2.17 bits per heavy atom. The number of rotatable bonds is 3. The van der Waals surface area contributed by atoms with E-state index in [-0.39, 0.29) is 21.5 Å². The van der Waals surface area contributed by atoms with Crippen LogP contribution in [0, 0.1) is 0 Å². The molecule has 2 N–H and O–H groups in total. The summed E-state index contributed by atoms with van der Waals surface area (Å²) in [6.45, 7) is 2.60. The lowest BCUT2D eigenvalue weighted by molar-refractivity contribution is 0.102. The van der Waals surface area contributed by atoms with Crippen LogP contribution in [0.2, 0.25) is 10.0 Å². The monoisotopic (exact) mass is 283 g/mol. The number of nitrogen functional groups attached to an aromatic ring is 1. The SMILES string of the molecule is CCn1ccnc1C(=O)c1cc(N)c(Cl)c(Cl)c1. The molecule has 0 saturated carbocycles. The third-order valence-electron chi connectivity index (χ3n) is 2.58. The van der Waals surface area contributed by atoms with Crippen molar-refractivity contribution in [2.75, 3.05) is 5.73 Å². The Kier molecular flexibility index (Phi) is 3.59. The van der Waals surface area contributed by atoms with Crippen molar-refractivity contribution >= 4 is 34.7 Å². The lowest BCUT2D eigenvalue weighted by atomic mass is 10.1. The number of nitrogens with zero attached hydrogens (tertiary/aromatic N) is 2. The van der Waals surface area contributed by atoms with Gasteiger partial charge in [0.15, 0.2) is 5.82 Å². The summed E-state index contributed by atoms with van der Waals surface area (Å²) in [5.41, 5.74) is 6.34. The molecule has 18 heavy (non-hydrogen) atoms. The molecule has 0 saturated heterocycles. The van der Waals surface area contributed by atoms with Crippen LogP contribution in [0.5, 0.6) is 0 Å². The number of benzene rings is 1. The zero-order valence-electron chi connectivity index (χ0n) is 9.65. The van der Waals surface area contributed by atoms with E-state index in [4.69, 9.17) is 28.9 Å². The second-order valence-corrected chi connectivity index (χ2v) is 4.51. The number of aromatic nitrogens is 2. The van der Waals surface area contributed by atoms with Gasteiger partial charge in [-0.05, 0) is 19.1 Å². The first kappa shape index (κ1) is 12.9. The van der Waals surface area contributed by atoms with Gasteiger partial charge < -0.3 is 10.3 Å². The van der Waals surface area contributed by atoms with Gasteiger partial charge in [0.2, 0.25) is 5.78 Å². The minimum atomic E-state index is -0.230. The quantitative estimate of drug-likeness (QED) is 0.696. The van der Waals surface area contributed by atoms with E-state index in [1.165, 1.54) is 12.1 Å². The number of hydrogen-bond acceptors (Lipinski definition) is 3. The first-order chi connectivity index (χ1) is 8.54. The fourth-order valence-corrected chi connectivity index (χ4v) is 1.98. The molecule has 0 radical (unpaired) electrons. The van der Waals surface area contributed by atoms with E-state index in [9.17, 15) is 4.79 Å². The van der Waals surface area contributed by atoms with Crippen molar-refractivity contribution in [3.05, 3.63) is 46.0 Å². The van der Waals surface area contributed by atoms with Gasteiger partial charge in [-0.2, -0.15) is 0 Å². The highest BCUT2D eigenvalue weighted by Gasteiger charge is 2.17. The molecule has 0 atom stereocenters. The Bertz CT molecular complexity index is 584. The number of carbonyl (C=O) groups excluding carboxylic acids is 1. The topological polar surface area (TPSA) is 60.9 Å². The summed E-state index contributed by atoms with van der Waals surface area (Å²) in [5, 5.41) is 0.515.